The van der Waals surface area contributed by atoms with Gasteiger partial charge in [0.15, 0.2) is 0 Å². The van der Waals surface area contributed by atoms with Crippen molar-refractivity contribution in [1.82, 2.24) is 14.3 Å². The molecule has 0 amide bonds. The summed E-state index contributed by atoms with van der Waals surface area (Å²) in [5, 5.41) is 3.43. The molecule has 1 aliphatic heterocycles. The van der Waals surface area contributed by atoms with Crippen LogP contribution < -0.4 is 10.0 Å². The van der Waals surface area contributed by atoms with Crippen LogP contribution in [-0.2, 0) is 10.2 Å². The van der Waals surface area contributed by atoms with E-state index < -0.39 is 10.2 Å². The molecule has 1 aliphatic carbocycles. The first-order chi connectivity index (χ1) is 9.56. The third-order valence-corrected chi connectivity index (χ3v) is 6.17. The van der Waals surface area contributed by atoms with Gasteiger partial charge in [-0.2, -0.15) is 17.4 Å². The first kappa shape index (κ1) is 16.2. The maximum Gasteiger partial charge on any atom is 0.279 e. The van der Waals surface area contributed by atoms with Gasteiger partial charge in [0, 0.05) is 19.1 Å². The van der Waals surface area contributed by atoms with Crippen LogP contribution in [0.3, 0.4) is 0 Å². The highest BCUT2D eigenvalue weighted by molar-refractivity contribution is 7.87. The van der Waals surface area contributed by atoms with E-state index in [1.165, 1.54) is 0 Å². The molecule has 2 fully saturated rings. The SMILES string of the molecule is CCCNCC1CCN(S(=O)(=O)NC2CC2CC)CC1. The van der Waals surface area contributed by atoms with Crippen molar-refractivity contribution in [1.29, 1.82) is 0 Å². The normalized spacial score (nSPS) is 28.7. The second-order valence-electron chi connectivity index (χ2n) is 6.18. The Morgan fingerprint density at radius 1 is 1.20 bits per heavy atom. The molecule has 1 heterocycles. The van der Waals surface area contributed by atoms with Crippen molar-refractivity contribution in [3.8, 4) is 0 Å². The summed E-state index contributed by atoms with van der Waals surface area (Å²) >= 11 is 0. The molecule has 6 heteroatoms. The summed E-state index contributed by atoms with van der Waals surface area (Å²) in [6, 6.07) is 0.189. The number of nitrogens with zero attached hydrogens (tertiary/aromatic N) is 1. The van der Waals surface area contributed by atoms with Crippen LogP contribution in [0.2, 0.25) is 0 Å². The maximum absolute atomic E-state index is 12.3. The summed E-state index contributed by atoms with van der Waals surface area (Å²) < 4.78 is 29.0. The van der Waals surface area contributed by atoms with E-state index >= 15 is 0 Å². The molecule has 0 aromatic carbocycles. The predicted octanol–water partition coefficient (Wildman–Crippen LogP) is 1.33. The van der Waals surface area contributed by atoms with Gasteiger partial charge in [-0.25, -0.2) is 0 Å². The van der Waals surface area contributed by atoms with Crippen molar-refractivity contribution >= 4 is 10.2 Å². The minimum absolute atomic E-state index is 0.189. The van der Waals surface area contributed by atoms with Gasteiger partial charge in [-0.1, -0.05) is 20.3 Å². The highest BCUT2D eigenvalue weighted by Crippen LogP contribution is 2.34. The van der Waals surface area contributed by atoms with E-state index in [1.807, 2.05) is 0 Å². The van der Waals surface area contributed by atoms with Gasteiger partial charge in [0.1, 0.15) is 0 Å². The standard InChI is InChI=1S/C14H29N3O2S/c1-3-7-15-11-12-5-8-17(9-6-12)20(18,19)16-14-10-13(14)4-2/h12-16H,3-11H2,1-2H3. The third-order valence-electron chi connectivity index (χ3n) is 4.52. The Balaban J connectivity index is 1.72. The lowest BCUT2D eigenvalue weighted by atomic mass is 9.98. The second kappa shape index (κ2) is 7.20. The van der Waals surface area contributed by atoms with Crippen molar-refractivity contribution < 1.29 is 8.42 Å². The van der Waals surface area contributed by atoms with E-state index in [4.69, 9.17) is 0 Å². The van der Waals surface area contributed by atoms with E-state index in [0.29, 0.717) is 24.9 Å². The number of hydrogen-bond donors (Lipinski definition) is 2. The monoisotopic (exact) mass is 303 g/mol. The van der Waals surface area contributed by atoms with Crippen LogP contribution in [0.1, 0.15) is 46.0 Å². The largest absolute Gasteiger partial charge is 0.316 e. The molecule has 2 N–H and O–H groups in total. The fourth-order valence-electron chi connectivity index (χ4n) is 2.95. The van der Waals surface area contributed by atoms with E-state index in [2.05, 4.69) is 23.9 Å². The summed E-state index contributed by atoms with van der Waals surface area (Å²) in [6.07, 6.45) is 5.17. The summed E-state index contributed by atoms with van der Waals surface area (Å²) in [6.45, 7) is 7.69. The van der Waals surface area contributed by atoms with Crippen LogP contribution in [0, 0.1) is 11.8 Å². The zero-order valence-electron chi connectivity index (χ0n) is 12.8. The van der Waals surface area contributed by atoms with Crippen LogP contribution in [0.25, 0.3) is 0 Å². The molecule has 0 aromatic heterocycles. The summed E-state index contributed by atoms with van der Waals surface area (Å²) in [5.41, 5.74) is 0. The molecule has 1 saturated carbocycles. The fourth-order valence-corrected chi connectivity index (χ4v) is 4.46. The van der Waals surface area contributed by atoms with Gasteiger partial charge in [0.2, 0.25) is 0 Å². The summed E-state index contributed by atoms with van der Waals surface area (Å²) in [4.78, 5) is 0. The highest BCUT2D eigenvalue weighted by Gasteiger charge is 2.40. The molecular formula is C14H29N3O2S. The van der Waals surface area contributed by atoms with E-state index in [-0.39, 0.29) is 6.04 Å². The van der Waals surface area contributed by atoms with Crippen LogP contribution >= 0.6 is 0 Å². The Bertz CT molecular complexity index is 391. The molecule has 2 rings (SSSR count). The summed E-state index contributed by atoms with van der Waals surface area (Å²) in [7, 11) is -3.25. The van der Waals surface area contributed by atoms with Crippen LogP contribution in [0.5, 0.6) is 0 Å². The van der Waals surface area contributed by atoms with E-state index in [9.17, 15) is 8.42 Å². The Labute approximate surface area is 123 Å². The van der Waals surface area contributed by atoms with Crippen LogP contribution in [-0.4, -0.2) is 44.9 Å². The van der Waals surface area contributed by atoms with Crippen LogP contribution in [0.15, 0.2) is 0 Å². The molecule has 2 unspecified atom stereocenters. The zero-order valence-corrected chi connectivity index (χ0v) is 13.6. The topological polar surface area (TPSA) is 61.4 Å². The Morgan fingerprint density at radius 2 is 1.90 bits per heavy atom. The quantitative estimate of drug-likeness (QED) is 0.665. The Hall–Kier alpha value is -0.170. The lowest BCUT2D eigenvalue weighted by Crippen LogP contribution is -2.47. The van der Waals surface area contributed by atoms with Crippen molar-refractivity contribution in [2.45, 2.75) is 52.0 Å². The van der Waals surface area contributed by atoms with Crippen molar-refractivity contribution in [3.05, 3.63) is 0 Å². The van der Waals surface area contributed by atoms with Crippen molar-refractivity contribution in [3.63, 3.8) is 0 Å². The lowest BCUT2D eigenvalue weighted by Gasteiger charge is -2.31. The fraction of sp³-hybridized carbons (Fsp3) is 1.00. The molecule has 0 bridgehead atoms. The van der Waals surface area contributed by atoms with Gasteiger partial charge in [-0.05, 0) is 50.6 Å². The minimum atomic E-state index is -3.25. The minimum Gasteiger partial charge on any atom is -0.316 e. The molecule has 0 radical (unpaired) electrons. The maximum atomic E-state index is 12.3. The lowest BCUT2D eigenvalue weighted by molar-refractivity contribution is 0.265. The molecular weight excluding hydrogens is 274 g/mol. The predicted molar refractivity (Wildman–Crippen MR) is 81.7 cm³/mol. The molecule has 20 heavy (non-hydrogen) atoms. The van der Waals surface area contributed by atoms with E-state index in [0.717, 1.165) is 45.2 Å². The average molecular weight is 303 g/mol. The number of rotatable bonds is 8. The first-order valence-electron chi connectivity index (χ1n) is 8.05. The Kier molecular flexibility index (Phi) is 5.84. The molecule has 5 nitrogen and oxygen atoms in total. The van der Waals surface area contributed by atoms with Gasteiger partial charge >= 0.3 is 0 Å². The number of piperidine rings is 1. The highest BCUT2D eigenvalue weighted by atomic mass is 32.2. The third kappa shape index (κ3) is 4.41. The molecule has 118 valence electrons. The Morgan fingerprint density at radius 3 is 2.45 bits per heavy atom. The van der Waals surface area contributed by atoms with Gasteiger partial charge < -0.3 is 5.32 Å². The molecule has 0 spiro atoms. The second-order valence-corrected chi connectivity index (χ2v) is 7.88. The average Bonchev–Trinajstić information content (AvgIpc) is 3.17. The molecule has 2 atom stereocenters. The van der Waals surface area contributed by atoms with Crippen molar-refractivity contribution in [2.75, 3.05) is 26.2 Å². The molecule has 0 aromatic rings. The van der Waals surface area contributed by atoms with E-state index in [1.54, 1.807) is 4.31 Å². The van der Waals surface area contributed by atoms with Crippen molar-refractivity contribution in [2.24, 2.45) is 11.8 Å². The summed E-state index contributed by atoms with van der Waals surface area (Å²) in [5.74, 6) is 1.18. The first-order valence-corrected chi connectivity index (χ1v) is 9.49. The smallest absolute Gasteiger partial charge is 0.279 e. The number of hydrogen-bond acceptors (Lipinski definition) is 3. The van der Waals surface area contributed by atoms with Gasteiger partial charge in [0.05, 0.1) is 0 Å². The molecule has 2 aliphatic rings. The molecule has 1 saturated heterocycles. The number of nitrogens with one attached hydrogen (secondary N) is 2. The van der Waals surface area contributed by atoms with Crippen LogP contribution in [0.4, 0.5) is 0 Å². The van der Waals surface area contributed by atoms with Gasteiger partial charge in [0.25, 0.3) is 10.2 Å². The van der Waals surface area contributed by atoms with Gasteiger partial charge in [-0.15, -0.1) is 0 Å². The van der Waals surface area contributed by atoms with Gasteiger partial charge in [-0.3, -0.25) is 0 Å². The zero-order chi connectivity index (χ0) is 14.6.